The van der Waals surface area contributed by atoms with Gasteiger partial charge in [0.1, 0.15) is 0 Å². The van der Waals surface area contributed by atoms with Crippen LogP contribution < -0.4 is 5.32 Å². The molecule has 12 heteroatoms. The van der Waals surface area contributed by atoms with Gasteiger partial charge >= 0.3 is 30.1 Å². The summed E-state index contributed by atoms with van der Waals surface area (Å²) < 4.78 is 117. The van der Waals surface area contributed by atoms with Gasteiger partial charge in [-0.05, 0) is 12.8 Å². The molecule has 0 aliphatic rings. The first-order valence-electron chi connectivity index (χ1n) is 9.43. The molecule has 0 aliphatic heterocycles. The van der Waals surface area contributed by atoms with E-state index in [0.29, 0.717) is 30.6 Å². The SMILES string of the molecule is CCCCCCN(CCCCCC)C(=O)NC(C(F)(F)F)(C(F)(F)F)C(F)(F)F. The zero-order chi connectivity index (χ0) is 22.9. The average Bonchev–Trinajstić information content (AvgIpc) is 2.54. The van der Waals surface area contributed by atoms with E-state index in [4.69, 9.17) is 0 Å². The van der Waals surface area contributed by atoms with Crippen molar-refractivity contribution in [1.82, 2.24) is 10.2 Å². The third-order valence-corrected chi connectivity index (χ3v) is 4.42. The molecule has 1 N–H and O–H groups in total. The van der Waals surface area contributed by atoms with Gasteiger partial charge in [-0.2, -0.15) is 39.5 Å². The van der Waals surface area contributed by atoms with Gasteiger partial charge in [0.15, 0.2) is 0 Å². The van der Waals surface area contributed by atoms with Crippen LogP contribution in [0.25, 0.3) is 0 Å². The van der Waals surface area contributed by atoms with Gasteiger partial charge in [0.2, 0.25) is 0 Å². The van der Waals surface area contributed by atoms with Crippen LogP contribution in [0.2, 0.25) is 0 Å². The number of hydrogen-bond donors (Lipinski definition) is 1. The fraction of sp³-hybridized carbons (Fsp3) is 0.941. The van der Waals surface area contributed by atoms with E-state index in [1.54, 1.807) is 0 Å². The van der Waals surface area contributed by atoms with Gasteiger partial charge in [0.25, 0.3) is 0 Å². The van der Waals surface area contributed by atoms with Crippen molar-refractivity contribution in [2.24, 2.45) is 0 Å². The first-order valence-corrected chi connectivity index (χ1v) is 9.43. The normalized spacial score (nSPS) is 13.5. The first-order chi connectivity index (χ1) is 13.2. The number of nitrogens with zero attached hydrogens (tertiary/aromatic N) is 1. The van der Waals surface area contributed by atoms with Crippen molar-refractivity contribution >= 4 is 6.03 Å². The molecule has 0 saturated carbocycles. The molecule has 0 aromatic heterocycles. The minimum absolute atomic E-state index is 0.235. The molecule has 0 heterocycles. The maximum Gasteiger partial charge on any atom is 0.429 e. The van der Waals surface area contributed by atoms with Gasteiger partial charge in [0.05, 0.1) is 0 Å². The van der Waals surface area contributed by atoms with Gasteiger partial charge < -0.3 is 10.2 Å². The third-order valence-electron chi connectivity index (χ3n) is 4.42. The van der Waals surface area contributed by atoms with Gasteiger partial charge in [-0.15, -0.1) is 0 Å². The lowest BCUT2D eigenvalue weighted by Gasteiger charge is -2.40. The Hall–Kier alpha value is -1.36. The van der Waals surface area contributed by atoms with Crippen molar-refractivity contribution in [2.75, 3.05) is 13.1 Å². The molecule has 0 unspecified atom stereocenters. The molecule has 0 aliphatic carbocycles. The Labute approximate surface area is 164 Å². The van der Waals surface area contributed by atoms with Gasteiger partial charge in [-0.1, -0.05) is 52.4 Å². The molecule has 0 aromatic rings. The summed E-state index contributed by atoms with van der Waals surface area (Å²) in [4.78, 5) is 12.7. The van der Waals surface area contributed by atoms with E-state index >= 15 is 0 Å². The number of halogens is 9. The first kappa shape index (κ1) is 27.6. The van der Waals surface area contributed by atoms with Crippen LogP contribution in [0, 0.1) is 0 Å². The molecule has 0 rings (SSSR count). The van der Waals surface area contributed by atoms with E-state index in [2.05, 4.69) is 0 Å². The molecule has 0 fully saturated rings. The smallest absolute Gasteiger partial charge is 0.325 e. The Morgan fingerprint density at radius 3 is 1.28 bits per heavy atom. The largest absolute Gasteiger partial charge is 0.429 e. The predicted molar refractivity (Wildman–Crippen MR) is 89.3 cm³/mol. The Morgan fingerprint density at radius 1 is 0.655 bits per heavy atom. The maximum absolute atomic E-state index is 13.0. The Morgan fingerprint density at radius 2 is 1.00 bits per heavy atom. The van der Waals surface area contributed by atoms with E-state index in [1.807, 2.05) is 13.8 Å². The zero-order valence-corrected chi connectivity index (χ0v) is 16.3. The standard InChI is InChI=1S/C17H27F9N2O/c1-3-5-7-9-11-28(12-10-8-6-4-2)13(29)27-14(15(18,19)20,16(21,22)23)17(24,25)26/h3-12H2,1-2H3,(H,27,29). The fourth-order valence-corrected chi connectivity index (χ4v) is 2.71. The second-order valence-corrected chi connectivity index (χ2v) is 6.78. The Kier molecular flexibility index (Phi) is 10.6. The van der Waals surface area contributed by atoms with Crippen molar-refractivity contribution < 1.29 is 44.3 Å². The highest BCUT2D eigenvalue weighted by atomic mass is 19.4. The average molecular weight is 446 g/mol. The van der Waals surface area contributed by atoms with E-state index < -0.39 is 30.1 Å². The highest BCUT2D eigenvalue weighted by Gasteiger charge is 2.85. The molecule has 174 valence electrons. The summed E-state index contributed by atoms with van der Waals surface area (Å²) in [5, 5.41) is 0.244. The molecule has 0 spiro atoms. The minimum Gasteiger partial charge on any atom is -0.325 e. The number of carbonyl (C=O) groups excluding carboxylic acids is 1. The number of alkyl halides is 9. The van der Waals surface area contributed by atoms with Crippen LogP contribution in [-0.2, 0) is 0 Å². The van der Waals surface area contributed by atoms with Crippen molar-refractivity contribution in [3.05, 3.63) is 0 Å². The summed E-state index contributed by atoms with van der Waals surface area (Å²) in [6.45, 7) is 3.25. The fourth-order valence-electron chi connectivity index (χ4n) is 2.71. The molecule has 3 nitrogen and oxygen atoms in total. The third kappa shape index (κ3) is 7.44. The van der Waals surface area contributed by atoms with E-state index in [0.717, 1.165) is 12.8 Å². The van der Waals surface area contributed by atoms with Crippen LogP contribution in [0.1, 0.15) is 65.2 Å². The summed E-state index contributed by atoms with van der Waals surface area (Å²) in [6, 6.07) is -2.04. The van der Waals surface area contributed by atoms with Crippen LogP contribution in [0.3, 0.4) is 0 Å². The van der Waals surface area contributed by atoms with Crippen LogP contribution in [0.4, 0.5) is 44.3 Å². The zero-order valence-electron chi connectivity index (χ0n) is 16.3. The van der Waals surface area contributed by atoms with Crippen LogP contribution in [0.15, 0.2) is 0 Å². The Bertz CT molecular complexity index is 439. The maximum atomic E-state index is 13.0. The second-order valence-electron chi connectivity index (χ2n) is 6.78. The molecule has 29 heavy (non-hydrogen) atoms. The molecule has 0 atom stereocenters. The minimum atomic E-state index is -6.82. The van der Waals surface area contributed by atoms with Crippen molar-refractivity contribution in [1.29, 1.82) is 0 Å². The summed E-state index contributed by atoms with van der Waals surface area (Å²) in [5.41, 5.74) is -6.34. The number of hydrogen-bond acceptors (Lipinski definition) is 1. The number of nitrogens with one attached hydrogen (secondary N) is 1. The lowest BCUT2D eigenvalue weighted by Crippen LogP contribution is -2.76. The number of rotatable bonds is 11. The summed E-state index contributed by atoms with van der Waals surface area (Å²) in [5.74, 6) is 0. The molecule has 0 bridgehead atoms. The van der Waals surface area contributed by atoms with Gasteiger partial charge in [-0.3, -0.25) is 0 Å². The topological polar surface area (TPSA) is 32.3 Å². The molecule has 0 aromatic carbocycles. The van der Waals surface area contributed by atoms with Crippen molar-refractivity contribution in [2.45, 2.75) is 89.3 Å². The number of carbonyl (C=O) groups is 1. The molecular weight excluding hydrogens is 419 g/mol. The molecule has 2 amide bonds. The van der Waals surface area contributed by atoms with Crippen LogP contribution >= 0.6 is 0 Å². The summed E-state index contributed by atoms with van der Waals surface area (Å²) in [6.07, 6.45) is -15.9. The predicted octanol–water partition coefficient (Wildman–Crippen LogP) is 6.58. The highest BCUT2D eigenvalue weighted by Crippen LogP contribution is 2.52. The van der Waals surface area contributed by atoms with Gasteiger partial charge in [0, 0.05) is 13.1 Å². The monoisotopic (exact) mass is 446 g/mol. The number of amides is 2. The summed E-state index contributed by atoms with van der Waals surface area (Å²) >= 11 is 0. The van der Waals surface area contributed by atoms with Crippen LogP contribution in [0.5, 0.6) is 0 Å². The van der Waals surface area contributed by atoms with Gasteiger partial charge in [-0.25, -0.2) is 4.79 Å². The van der Waals surface area contributed by atoms with Crippen molar-refractivity contribution in [3.8, 4) is 0 Å². The lowest BCUT2D eigenvalue weighted by molar-refractivity contribution is -0.386. The lowest BCUT2D eigenvalue weighted by atomic mass is 9.97. The van der Waals surface area contributed by atoms with Crippen LogP contribution in [-0.4, -0.2) is 48.1 Å². The number of unbranched alkanes of at least 4 members (excludes halogenated alkanes) is 6. The summed E-state index contributed by atoms with van der Waals surface area (Å²) in [7, 11) is 0. The second kappa shape index (κ2) is 11.1. The quantitative estimate of drug-likeness (QED) is 0.282. The molecular formula is C17H27F9N2O. The van der Waals surface area contributed by atoms with E-state index in [-0.39, 0.29) is 31.2 Å². The molecule has 0 saturated heterocycles. The Balaban J connectivity index is 5.68. The number of urea groups is 1. The highest BCUT2D eigenvalue weighted by molar-refractivity contribution is 5.75. The molecule has 0 radical (unpaired) electrons. The van der Waals surface area contributed by atoms with E-state index in [9.17, 15) is 44.3 Å². The van der Waals surface area contributed by atoms with Crippen molar-refractivity contribution in [3.63, 3.8) is 0 Å². The van der Waals surface area contributed by atoms with E-state index in [1.165, 1.54) is 0 Å².